The molecule has 0 aliphatic heterocycles. The quantitative estimate of drug-likeness (QED) is 0.446. The fourth-order valence-electron chi connectivity index (χ4n) is 0.512. The number of hydrogen-bond acceptors (Lipinski definition) is 4. The summed E-state index contributed by atoms with van der Waals surface area (Å²) in [5, 5.41) is 23.2. The van der Waals surface area contributed by atoms with Crippen LogP contribution in [0.2, 0.25) is 0 Å². The minimum Gasteiger partial charge on any atom is -0.450 e. The van der Waals surface area contributed by atoms with Crippen molar-refractivity contribution < 1.29 is 24.9 Å². The van der Waals surface area contributed by atoms with Crippen molar-refractivity contribution in [2.24, 2.45) is 0 Å². The molecule has 0 spiro atoms. The molecule has 0 saturated carbocycles. The Balaban J connectivity index is 0. The SMILES string of the molecule is CCCCCOC(=O)O.OCCO. The number of aliphatic hydroxyl groups is 2. The molecule has 0 unspecified atom stereocenters. The minimum absolute atomic E-state index is 0.125. The summed E-state index contributed by atoms with van der Waals surface area (Å²) < 4.78 is 4.26. The Kier molecular flexibility index (Phi) is 15.6. The van der Waals surface area contributed by atoms with Crippen LogP contribution in [-0.4, -0.2) is 41.3 Å². The molecule has 0 aromatic rings. The Morgan fingerprint density at radius 3 is 2.08 bits per heavy atom. The minimum atomic E-state index is -1.17. The summed E-state index contributed by atoms with van der Waals surface area (Å²) in [5.41, 5.74) is 0. The summed E-state index contributed by atoms with van der Waals surface area (Å²) in [6.45, 7) is 2.14. The maximum atomic E-state index is 9.74. The van der Waals surface area contributed by atoms with Gasteiger partial charge in [-0.15, -0.1) is 0 Å². The second-order valence-electron chi connectivity index (χ2n) is 2.27. The second kappa shape index (κ2) is 13.8. The number of carboxylic acid groups (broad SMARTS) is 1. The Morgan fingerprint density at radius 2 is 1.77 bits per heavy atom. The van der Waals surface area contributed by atoms with E-state index < -0.39 is 6.16 Å². The molecule has 0 aromatic carbocycles. The van der Waals surface area contributed by atoms with Crippen LogP contribution in [0.1, 0.15) is 26.2 Å². The van der Waals surface area contributed by atoms with Crippen LogP contribution in [-0.2, 0) is 4.74 Å². The van der Waals surface area contributed by atoms with E-state index in [1.54, 1.807) is 0 Å². The zero-order valence-corrected chi connectivity index (χ0v) is 7.90. The van der Waals surface area contributed by atoms with Gasteiger partial charge in [-0.3, -0.25) is 0 Å². The van der Waals surface area contributed by atoms with E-state index in [4.69, 9.17) is 15.3 Å². The summed E-state index contributed by atoms with van der Waals surface area (Å²) >= 11 is 0. The summed E-state index contributed by atoms with van der Waals surface area (Å²) in [4.78, 5) is 9.74. The molecule has 0 aromatic heterocycles. The molecule has 0 rings (SSSR count). The molecule has 0 atom stereocenters. The first kappa shape index (κ1) is 14.7. The number of rotatable bonds is 5. The van der Waals surface area contributed by atoms with Gasteiger partial charge in [0, 0.05) is 0 Å². The second-order valence-corrected chi connectivity index (χ2v) is 2.27. The highest BCUT2D eigenvalue weighted by atomic mass is 16.7. The third-order valence-electron chi connectivity index (χ3n) is 1.07. The van der Waals surface area contributed by atoms with E-state index in [2.05, 4.69) is 11.7 Å². The molecular weight excluding hydrogens is 176 g/mol. The van der Waals surface area contributed by atoms with E-state index in [1.807, 2.05) is 0 Å². The van der Waals surface area contributed by atoms with Crippen molar-refractivity contribution in [2.45, 2.75) is 26.2 Å². The van der Waals surface area contributed by atoms with Gasteiger partial charge in [-0.1, -0.05) is 19.8 Å². The first-order chi connectivity index (χ1) is 6.18. The highest BCUT2D eigenvalue weighted by Crippen LogP contribution is 1.93. The van der Waals surface area contributed by atoms with Crippen molar-refractivity contribution in [3.8, 4) is 0 Å². The normalized spacial score (nSPS) is 8.54. The lowest BCUT2D eigenvalue weighted by atomic mass is 10.3. The average Bonchev–Trinajstić information content (AvgIpc) is 2.13. The highest BCUT2D eigenvalue weighted by Gasteiger charge is 1.92. The van der Waals surface area contributed by atoms with Gasteiger partial charge in [0.25, 0.3) is 0 Å². The van der Waals surface area contributed by atoms with Crippen LogP contribution in [0.15, 0.2) is 0 Å². The molecule has 80 valence electrons. The third kappa shape index (κ3) is 24.7. The molecule has 0 aliphatic carbocycles. The van der Waals surface area contributed by atoms with Crippen LogP contribution in [0, 0.1) is 0 Å². The smallest absolute Gasteiger partial charge is 0.450 e. The molecule has 5 nitrogen and oxygen atoms in total. The summed E-state index contributed by atoms with van der Waals surface area (Å²) in [6.07, 6.45) is 1.78. The molecule has 5 heteroatoms. The van der Waals surface area contributed by atoms with Crippen LogP contribution >= 0.6 is 0 Å². The van der Waals surface area contributed by atoms with Crippen LogP contribution in [0.25, 0.3) is 0 Å². The summed E-state index contributed by atoms with van der Waals surface area (Å²) in [7, 11) is 0. The topological polar surface area (TPSA) is 87.0 Å². The van der Waals surface area contributed by atoms with Gasteiger partial charge in [-0.05, 0) is 6.42 Å². The van der Waals surface area contributed by atoms with E-state index in [1.165, 1.54) is 0 Å². The molecule has 3 N–H and O–H groups in total. The van der Waals surface area contributed by atoms with Gasteiger partial charge >= 0.3 is 6.16 Å². The van der Waals surface area contributed by atoms with Crippen molar-refractivity contribution in [1.29, 1.82) is 0 Å². The van der Waals surface area contributed by atoms with Crippen LogP contribution < -0.4 is 0 Å². The molecule has 0 fully saturated rings. The van der Waals surface area contributed by atoms with Gasteiger partial charge in [0.1, 0.15) is 0 Å². The predicted octanol–water partition coefficient (Wildman–Crippen LogP) is 0.842. The molecule has 0 radical (unpaired) electrons. The van der Waals surface area contributed by atoms with Crippen LogP contribution in [0.4, 0.5) is 4.79 Å². The van der Waals surface area contributed by atoms with Gasteiger partial charge in [0.05, 0.1) is 19.8 Å². The van der Waals surface area contributed by atoms with Gasteiger partial charge in [0.2, 0.25) is 0 Å². The Labute approximate surface area is 78.0 Å². The third-order valence-corrected chi connectivity index (χ3v) is 1.07. The van der Waals surface area contributed by atoms with Crippen molar-refractivity contribution in [3.63, 3.8) is 0 Å². The lowest BCUT2D eigenvalue weighted by molar-refractivity contribution is 0.0901. The number of unbranched alkanes of at least 4 members (excludes halogenated alkanes) is 2. The zero-order chi connectivity index (χ0) is 10.5. The molecule has 0 saturated heterocycles. The number of aliphatic hydroxyl groups excluding tert-OH is 2. The van der Waals surface area contributed by atoms with Gasteiger partial charge in [-0.25, -0.2) is 4.79 Å². The molecular formula is C8H18O5. The van der Waals surface area contributed by atoms with Gasteiger partial charge in [0.15, 0.2) is 0 Å². The Morgan fingerprint density at radius 1 is 1.23 bits per heavy atom. The van der Waals surface area contributed by atoms with E-state index in [9.17, 15) is 4.79 Å². The molecule has 0 bridgehead atoms. The maximum absolute atomic E-state index is 9.74. The molecule has 0 aliphatic rings. The van der Waals surface area contributed by atoms with Crippen molar-refractivity contribution in [1.82, 2.24) is 0 Å². The van der Waals surface area contributed by atoms with Crippen molar-refractivity contribution in [2.75, 3.05) is 19.8 Å². The average molecular weight is 194 g/mol. The van der Waals surface area contributed by atoms with Gasteiger partial charge < -0.3 is 20.1 Å². The van der Waals surface area contributed by atoms with E-state index >= 15 is 0 Å². The fourth-order valence-corrected chi connectivity index (χ4v) is 0.512. The predicted molar refractivity (Wildman–Crippen MR) is 47.7 cm³/mol. The van der Waals surface area contributed by atoms with Gasteiger partial charge in [-0.2, -0.15) is 0 Å². The number of carbonyl (C=O) groups is 1. The molecule has 0 heterocycles. The highest BCUT2D eigenvalue weighted by molar-refractivity contribution is 5.56. The van der Waals surface area contributed by atoms with Crippen LogP contribution in [0.3, 0.4) is 0 Å². The summed E-state index contributed by atoms with van der Waals surface area (Å²) in [6, 6.07) is 0. The van der Waals surface area contributed by atoms with E-state index in [0.29, 0.717) is 6.61 Å². The largest absolute Gasteiger partial charge is 0.505 e. The fraction of sp³-hybridized carbons (Fsp3) is 0.875. The standard InChI is InChI=1S/C6H12O3.C2H6O2/c1-2-3-4-5-9-6(7)8;3-1-2-4/h2-5H2,1H3,(H,7,8);3-4H,1-2H2. The lowest BCUT2D eigenvalue weighted by Crippen LogP contribution is -2.00. The van der Waals surface area contributed by atoms with Crippen LogP contribution in [0.5, 0.6) is 0 Å². The monoisotopic (exact) mass is 194 g/mol. The van der Waals surface area contributed by atoms with E-state index in [0.717, 1.165) is 19.3 Å². The number of hydrogen-bond donors (Lipinski definition) is 3. The number of ether oxygens (including phenoxy) is 1. The first-order valence-corrected chi connectivity index (χ1v) is 4.26. The van der Waals surface area contributed by atoms with Crippen molar-refractivity contribution in [3.05, 3.63) is 0 Å². The van der Waals surface area contributed by atoms with E-state index in [-0.39, 0.29) is 13.2 Å². The van der Waals surface area contributed by atoms with Crippen molar-refractivity contribution >= 4 is 6.16 Å². The Hall–Kier alpha value is -0.810. The summed E-state index contributed by atoms with van der Waals surface area (Å²) in [5.74, 6) is 0. The molecule has 0 amide bonds. The maximum Gasteiger partial charge on any atom is 0.505 e. The Bertz CT molecular complexity index is 103. The zero-order valence-electron chi connectivity index (χ0n) is 7.90. The first-order valence-electron chi connectivity index (χ1n) is 4.26. The molecule has 13 heavy (non-hydrogen) atoms. The lowest BCUT2D eigenvalue weighted by Gasteiger charge is -1.96.